The highest BCUT2D eigenvalue weighted by Gasteiger charge is 2.79. The number of fused-ring (bicyclic) bond motifs is 4. The number of rotatable bonds is 21. The molecular formula is C66H104O32. The number of Topliss-reactive ketones (excluding diaryl/α,β-unsaturated/α-hetero) is 1. The van der Waals surface area contributed by atoms with Gasteiger partial charge in [0.15, 0.2) is 37.7 Å². The third-order valence-corrected chi connectivity index (χ3v) is 24.1. The maximum absolute atomic E-state index is 14.6. The summed E-state index contributed by atoms with van der Waals surface area (Å²) in [4.78, 5) is 29.1. The van der Waals surface area contributed by atoms with E-state index < -0.39 is 250 Å². The SMILES string of the molecule is C=C(C)CCC[C@]1(C)OC(=O)[C@]23CC[C@@H]4C(=CC[C@H]5C(C)(C)[C@@H](O[C@@H]6OC[C@@H](O)[C@H](O[C@@H]7O[C@H](CO)[C@@H](O)[C@H](O[C@@H]8O[C@H](CO)[C@@H](O)[C@H](OC)[C@H]8O)[C@H]7O)[C@H]6O[C@@H]6O[C@H](C)[C@@H](O[C@@H]7[C@@H](O)[C@H](O[C@@H]8[C@@H](O)[C@H](O)[C@@H](CO)O[C@H]8O)[C@@H](CO)O[C@H]7O)[C@H](O)[C@H]6O)CC[C@]45C)[C@]2(C)CC(=O)[C@@H]31. The number of cyclic esters (lactones) is 1. The van der Waals surface area contributed by atoms with Crippen LogP contribution in [0.5, 0.6) is 0 Å². The molecule has 560 valence electrons. The molecule has 7 saturated heterocycles. The summed E-state index contributed by atoms with van der Waals surface area (Å²) in [5.74, 6) is -1.04. The third kappa shape index (κ3) is 13.0. The minimum absolute atomic E-state index is 0.0317. The largest absolute Gasteiger partial charge is 0.458 e. The lowest BCUT2D eigenvalue weighted by molar-refractivity contribution is -0.399. The molecule has 32 nitrogen and oxygen atoms in total. The minimum atomic E-state index is -2.14. The molecule has 3 saturated carbocycles. The molecule has 0 radical (unpaired) electrons. The quantitative estimate of drug-likeness (QED) is 0.0380. The van der Waals surface area contributed by atoms with Gasteiger partial charge in [-0.25, -0.2) is 0 Å². The molecule has 7 aliphatic heterocycles. The lowest BCUT2D eigenvalue weighted by Gasteiger charge is -2.63. The van der Waals surface area contributed by atoms with Crippen molar-refractivity contribution in [1.29, 1.82) is 0 Å². The third-order valence-electron chi connectivity index (χ3n) is 24.1. The molecule has 1 spiro atoms. The van der Waals surface area contributed by atoms with Crippen LogP contribution in [0.3, 0.4) is 0 Å². The number of carbonyl (C=O) groups is 2. The summed E-state index contributed by atoms with van der Waals surface area (Å²) in [6, 6.07) is 0. The van der Waals surface area contributed by atoms with Gasteiger partial charge in [-0.05, 0) is 94.8 Å². The smallest absolute Gasteiger partial charge is 0.314 e. The van der Waals surface area contributed by atoms with Crippen molar-refractivity contribution >= 4 is 11.8 Å². The Labute approximate surface area is 567 Å². The minimum Gasteiger partial charge on any atom is -0.458 e. The van der Waals surface area contributed by atoms with Crippen LogP contribution in [0.4, 0.5) is 0 Å². The average Bonchev–Trinajstić information content (AvgIpc) is 1.47. The first-order valence-electron chi connectivity index (χ1n) is 34.3. The Balaban J connectivity index is 0.861. The number of aliphatic hydroxyl groups is 16. The summed E-state index contributed by atoms with van der Waals surface area (Å²) in [5, 5.41) is 177. The molecular weight excluding hydrogens is 1300 g/mol. The van der Waals surface area contributed by atoms with Crippen LogP contribution in [0.2, 0.25) is 0 Å². The van der Waals surface area contributed by atoms with E-state index in [9.17, 15) is 91.3 Å². The molecule has 4 aliphatic carbocycles. The fraction of sp³-hybridized carbons (Fsp3) is 0.909. The van der Waals surface area contributed by atoms with Crippen molar-refractivity contribution < 1.29 is 158 Å². The van der Waals surface area contributed by atoms with Crippen molar-refractivity contribution in [3.05, 3.63) is 23.8 Å². The van der Waals surface area contributed by atoms with Crippen LogP contribution < -0.4 is 0 Å². The van der Waals surface area contributed by atoms with Gasteiger partial charge < -0.3 is 148 Å². The summed E-state index contributed by atoms with van der Waals surface area (Å²) in [6.45, 7) is 13.8. The van der Waals surface area contributed by atoms with E-state index in [-0.39, 0.29) is 30.0 Å². The zero-order valence-corrected chi connectivity index (χ0v) is 56.4. The molecule has 0 amide bonds. The van der Waals surface area contributed by atoms with Crippen LogP contribution in [0.15, 0.2) is 23.8 Å². The Bertz CT molecular complexity index is 2820. The predicted molar refractivity (Wildman–Crippen MR) is 326 cm³/mol. The van der Waals surface area contributed by atoms with Gasteiger partial charge in [0.2, 0.25) is 0 Å². The lowest BCUT2D eigenvalue weighted by atomic mass is 9.41. The number of ketones is 1. The number of hydrogen-bond acceptors (Lipinski definition) is 32. The van der Waals surface area contributed by atoms with Gasteiger partial charge in [-0.2, -0.15) is 0 Å². The maximum Gasteiger partial charge on any atom is 0.314 e. The van der Waals surface area contributed by atoms with Crippen molar-refractivity contribution in [2.45, 2.75) is 296 Å². The number of ether oxygens (including phenoxy) is 14. The molecule has 16 N–H and O–H groups in total. The van der Waals surface area contributed by atoms with E-state index in [4.69, 9.17) is 66.3 Å². The van der Waals surface area contributed by atoms with Crippen LogP contribution >= 0.6 is 0 Å². The van der Waals surface area contributed by atoms with Crippen molar-refractivity contribution in [2.24, 2.45) is 39.4 Å². The molecule has 0 bridgehead atoms. The molecule has 98 heavy (non-hydrogen) atoms. The number of aliphatic hydroxyl groups excluding tert-OH is 16. The first kappa shape index (κ1) is 76.6. The highest BCUT2D eigenvalue weighted by molar-refractivity contribution is 5.99. The highest BCUT2D eigenvalue weighted by atomic mass is 16.8. The van der Waals surface area contributed by atoms with Gasteiger partial charge in [0, 0.05) is 18.9 Å². The van der Waals surface area contributed by atoms with E-state index in [0.29, 0.717) is 38.5 Å². The monoisotopic (exact) mass is 1410 g/mol. The summed E-state index contributed by atoms with van der Waals surface area (Å²) in [7, 11) is 1.17. The summed E-state index contributed by atoms with van der Waals surface area (Å²) in [6.07, 6.45) is -45.3. The van der Waals surface area contributed by atoms with Crippen LogP contribution in [-0.2, 0) is 75.9 Å². The van der Waals surface area contributed by atoms with Crippen molar-refractivity contribution in [2.75, 3.05) is 40.1 Å². The number of allylic oxidation sites excluding steroid dienone is 3. The van der Waals surface area contributed by atoms with E-state index in [0.717, 1.165) is 24.0 Å². The summed E-state index contributed by atoms with van der Waals surface area (Å²) in [5.41, 5.74) is -1.83. The van der Waals surface area contributed by atoms with E-state index in [1.807, 2.05) is 13.8 Å². The van der Waals surface area contributed by atoms with Crippen molar-refractivity contribution in [1.82, 2.24) is 0 Å². The molecule has 0 aromatic carbocycles. The molecule has 11 aliphatic rings. The second-order valence-corrected chi connectivity index (χ2v) is 30.4. The van der Waals surface area contributed by atoms with E-state index >= 15 is 0 Å². The van der Waals surface area contributed by atoms with Gasteiger partial charge in [-0.15, -0.1) is 6.58 Å². The van der Waals surface area contributed by atoms with Gasteiger partial charge in [0.05, 0.1) is 56.6 Å². The zero-order chi connectivity index (χ0) is 71.4. The Kier molecular flexibility index (Phi) is 23.0. The average molecular weight is 1410 g/mol. The topological polar surface area (TPSA) is 487 Å². The van der Waals surface area contributed by atoms with Crippen LogP contribution in [0.25, 0.3) is 0 Å². The standard InChI is InChI=1S/C66H104O32/c1-25(2)11-10-16-65(8)54-29(71)19-64(7)28-12-13-35-62(4,5)36(15-17-63(35,6)27(28)14-18-66(54,64)61(84)98-65)92-60-53(47(30(72)24-86-60)95-59-45(81)50(39(75)33(22-69)91-59)96-58-44(80)49(85-9)38(74)32(21-68)90-58)97-57-42(78)41(77)46(26(3)87-57)93-52-43(79)48(34(23-70)89-56(52)83)94-51-40(76)37(73)31(20-67)88-55(51)82/h12,26-27,30-60,67-70,72-83H,1,10-11,13-24H2,2-9H3/t26-,27-,30-,31-,32-,33-,34-,35+,36+,37-,38-,39-,40+,41-,42-,43+,44-,45-,46-,47+,48-,49+,50+,51-,52-,53-,54-,55-,56-,57+,58+,59+,60+,63-,64+,65+,66-/m1/s1. The van der Waals surface area contributed by atoms with Gasteiger partial charge in [-0.1, -0.05) is 44.9 Å². The Morgan fingerprint density at radius 1 is 0.571 bits per heavy atom. The van der Waals surface area contributed by atoms with Crippen molar-refractivity contribution in [3.63, 3.8) is 0 Å². The highest BCUT2D eigenvalue weighted by Crippen LogP contribution is 2.75. The Morgan fingerprint density at radius 3 is 1.74 bits per heavy atom. The molecule has 37 atom stereocenters. The number of esters is 1. The van der Waals surface area contributed by atoms with E-state index in [2.05, 4.69) is 40.3 Å². The zero-order valence-electron chi connectivity index (χ0n) is 56.4. The normalized spacial score (nSPS) is 52.5. The molecule has 0 unspecified atom stereocenters. The number of carbonyl (C=O) groups excluding carboxylic acids is 2. The lowest BCUT2D eigenvalue weighted by Crippen LogP contribution is -2.68. The summed E-state index contributed by atoms with van der Waals surface area (Å²) < 4.78 is 84.6. The second kappa shape index (κ2) is 29.4. The van der Waals surface area contributed by atoms with Gasteiger partial charge in [-0.3, -0.25) is 9.59 Å². The molecule has 0 aromatic heterocycles. The Morgan fingerprint density at radius 2 is 1.12 bits per heavy atom. The maximum atomic E-state index is 14.6. The fourth-order valence-electron chi connectivity index (χ4n) is 18.9. The fourth-order valence-corrected chi connectivity index (χ4v) is 18.9. The van der Waals surface area contributed by atoms with Crippen LogP contribution in [0, 0.1) is 39.4 Å². The molecule has 0 aromatic rings. The first-order chi connectivity index (χ1) is 46.2. The van der Waals surface area contributed by atoms with Crippen molar-refractivity contribution in [3.8, 4) is 0 Å². The number of methoxy groups -OCH3 is 1. The summed E-state index contributed by atoms with van der Waals surface area (Å²) >= 11 is 0. The first-order valence-corrected chi connectivity index (χ1v) is 34.3. The Hall–Kier alpha value is -2.54. The van der Waals surface area contributed by atoms with Gasteiger partial charge >= 0.3 is 5.97 Å². The number of hydrogen-bond donors (Lipinski definition) is 16. The van der Waals surface area contributed by atoms with Gasteiger partial charge in [0.25, 0.3) is 0 Å². The van der Waals surface area contributed by atoms with E-state index in [1.54, 1.807) is 0 Å². The predicted octanol–water partition coefficient (Wildman–Crippen LogP) is -4.56. The van der Waals surface area contributed by atoms with Crippen LogP contribution in [0.1, 0.15) is 106 Å². The second-order valence-electron chi connectivity index (χ2n) is 30.4. The van der Waals surface area contributed by atoms with Crippen LogP contribution in [-0.4, -0.2) is 323 Å². The molecule has 11 rings (SSSR count). The molecule has 7 heterocycles. The molecule has 10 fully saturated rings. The molecule has 32 heteroatoms. The van der Waals surface area contributed by atoms with Gasteiger partial charge in [0.1, 0.15) is 146 Å². The van der Waals surface area contributed by atoms with E-state index in [1.165, 1.54) is 14.0 Å².